The summed E-state index contributed by atoms with van der Waals surface area (Å²) in [6.07, 6.45) is 3.18. The monoisotopic (exact) mass is 386 g/mol. The molecule has 0 fully saturated rings. The van der Waals surface area contributed by atoms with Crippen molar-refractivity contribution in [1.29, 1.82) is 0 Å². The quantitative estimate of drug-likeness (QED) is 0.509. The third-order valence-corrected chi connectivity index (χ3v) is 4.70. The van der Waals surface area contributed by atoms with E-state index in [1.54, 1.807) is 0 Å². The van der Waals surface area contributed by atoms with E-state index in [4.69, 9.17) is 16.3 Å². The molecule has 0 saturated heterocycles. The Labute approximate surface area is 163 Å². The lowest BCUT2D eigenvalue weighted by Crippen LogP contribution is -2.38. The topological polar surface area (TPSA) is 74.3 Å². The van der Waals surface area contributed by atoms with Crippen molar-refractivity contribution in [2.75, 3.05) is 6.61 Å². The summed E-state index contributed by atoms with van der Waals surface area (Å²) in [5.74, 6) is -0.231. The van der Waals surface area contributed by atoms with Crippen LogP contribution in [-0.2, 0) is 17.8 Å². The molecular formula is C21H23ClN2O3. The van der Waals surface area contributed by atoms with Crippen LogP contribution in [0.2, 0.25) is 5.02 Å². The van der Waals surface area contributed by atoms with Gasteiger partial charge in [-0.2, -0.15) is 0 Å². The number of aliphatic carboxylic acids is 1. The van der Waals surface area contributed by atoms with Gasteiger partial charge in [0.15, 0.2) is 0 Å². The van der Waals surface area contributed by atoms with E-state index < -0.39 is 12.0 Å². The number of para-hydroxylation sites is 1. The van der Waals surface area contributed by atoms with Gasteiger partial charge in [-0.1, -0.05) is 42.8 Å². The molecule has 0 radical (unpaired) electrons. The van der Waals surface area contributed by atoms with Crippen molar-refractivity contribution in [3.63, 3.8) is 0 Å². The van der Waals surface area contributed by atoms with Gasteiger partial charge in [-0.05, 0) is 35.7 Å². The minimum atomic E-state index is -0.880. The number of nitrogens with one attached hydrogen (secondary N) is 2. The van der Waals surface area contributed by atoms with Crippen molar-refractivity contribution in [1.82, 2.24) is 10.3 Å². The highest BCUT2D eigenvalue weighted by Gasteiger charge is 2.19. The fourth-order valence-electron chi connectivity index (χ4n) is 2.99. The van der Waals surface area contributed by atoms with Crippen LogP contribution in [0.3, 0.4) is 0 Å². The molecule has 0 aliphatic heterocycles. The highest BCUT2D eigenvalue weighted by atomic mass is 35.5. The van der Waals surface area contributed by atoms with Crippen LogP contribution in [-0.4, -0.2) is 28.7 Å². The number of halogens is 1. The van der Waals surface area contributed by atoms with E-state index in [1.165, 1.54) is 0 Å². The third kappa shape index (κ3) is 4.81. The Morgan fingerprint density at radius 3 is 2.85 bits per heavy atom. The number of hydrogen-bond donors (Lipinski definition) is 3. The Morgan fingerprint density at radius 1 is 1.30 bits per heavy atom. The smallest absolute Gasteiger partial charge is 0.321 e. The molecule has 1 aromatic heterocycles. The molecule has 0 saturated carbocycles. The first-order valence-corrected chi connectivity index (χ1v) is 9.38. The van der Waals surface area contributed by atoms with Gasteiger partial charge < -0.3 is 20.1 Å². The van der Waals surface area contributed by atoms with Crippen LogP contribution < -0.4 is 10.1 Å². The maximum atomic E-state index is 11.7. The first-order valence-electron chi connectivity index (χ1n) is 9.01. The molecule has 0 unspecified atom stereocenters. The lowest BCUT2D eigenvalue weighted by Gasteiger charge is -2.15. The molecule has 27 heavy (non-hydrogen) atoms. The Kier molecular flexibility index (Phi) is 6.37. The predicted octanol–water partition coefficient (Wildman–Crippen LogP) is 4.40. The first-order chi connectivity index (χ1) is 13.1. The summed E-state index contributed by atoms with van der Waals surface area (Å²) < 4.78 is 5.57. The Morgan fingerprint density at radius 2 is 2.11 bits per heavy atom. The zero-order valence-electron chi connectivity index (χ0n) is 15.2. The van der Waals surface area contributed by atoms with Gasteiger partial charge in [0.2, 0.25) is 0 Å². The molecule has 1 heterocycles. The molecule has 0 aliphatic carbocycles. The van der Waals surface area contributed by atoms with Gasteiger partial charge in [0.25, 0.3) is 0 Å². The molecule has 142 valence electrons. The summed E-state index contributed by atoms with van der Waals surface area (Å²) in [4.78, 5) is 14.9. The highest BCUT2D eigenvalue weighted by Crippen LogP contribution is 2.26. The number of carboxylic acid groups (broad SMARTS) is 1. The van der Waals surface area contributed by atoms with Crippen molar-refractivity contribution in [2.24, 2.45) is 0 Å². The number of aromatic nitrogens is 1. The largest absolute Gasteiger partial charge is 0.492 e. The van der Waals surface area contributed by atoms with Crippen LogP contribution in [0.15, 0.2) is 48.7 Å². The molecule has 5 nitrogen and oxygen atoms in total. The van der Waals surface area contributed by atoms with E-state index in [2.05, 4.69) is 10.3 Å². The lowest BCUT2D eigenvalue weighted by molar-refractivity contribution is -0.139. The number of hydrogen-bond acceptors (Lipinski definition) is 3. The number of carboxylic acids is 1. The van der Waals surface area contributed by atoms with Gasteiger partial charge in [0, 0.05) is 30.1 Å². The van der Waals surface area contributed by atoms with Crippen LogP contribution in [0.5, 0.6) is 5.75 Å². The minimum Gasteiger partial charge on any atom is -0.492 e. The fourth-order valence-corrected chi connectivity index (χ4v) is 3.25. The number of fused-ring (bicyclic) bond motifs is 1. The van der Waals surface area contributed by atoms with E-state index in [-0.39, 0.29) is 0 Å². The van der Waals surface area contributed by atoms with Crippen molar-refractivity contribution in [3.05, 3.63) is 64.8 Å². The Balaban J connectivity index is 1.67. The number of ether oxygens (including phenoxy) is 1. The van der Waals surface area contributed by atoms with Crippen LogP contribution in [0.1, 0.15) is 24.5 Å². The second kappa shape index (κ2) is 8.93. The summed E-state index contributed by atoms with van der Waals surface area (Å²) in [5.41, 5.74) is 2.90. The van der Waals surface area contributed by atoms with Crippen molar-refractivity contribution in [2.45, 2.75) is 32.4 Å². The number of carbonyl (C=O) groups is 1. The number of rotatable bonds is 9. The maximum Gasteiger partial charge on any atom is 0.321 e. The van der Waals surface area contributed by atoms with Crippen molar-refractivity contribution >= 4 is 28.5 Å². The summed E-state index contributed by atoms with van der Waals surface area (Å²) >= 11 is 6.25. The molecule has 0 aliphatic rings. The molecule has 3 rings (SSSR count). The van der Waals surface area contributed by atoms with Gasteiger partial charge in [-0.15, -0.1) is 0 Å². The van der Waals surface area contributed by atoms with Gasteiger partial charge in [-0.3, -0.25) is 4.79 Å². The SMILES string of the molecule is CCCOc1ccc(CN[C@H](Cc2c[nH]c3ccccc23)C(=O)O)cc1Cl. The van der Waals surface area contributed by atoms with Crippen LogP contribution in [0, 0.1) is 0 Å². The van der Waals surface area contributed by atoms with Crippen LogP contribution >= 0.6 is 11.6 Å². The van der Waals surface area contributed by atoms with E-state index in [9.17, 15) is 9.90 Å². The Hall–Kier alpha value is -2.50. The minimum absolute atomic E-state index is 0.394. The predicted molar refractivity (Wildman–Crippen MR) is 108 cm³/mol. The summed E-state index contributed by atoms with van der Waals surface area (Å²) in [6.45, 7) is 3.06. The molecule has 0 amide bonds. The summed E-state index contributed by atoms with van der Waals surface area (Å²) in [5, 5.41) is 14.3. The first kappa shape index (κ1) is 19.3. The standard InChI is InChI=1S/C21H23ClN2O3/c1-2-9-27-20-8-7-14(10-17(20)22)12-23-19(21(25)26)11-15-13-24-18-6-4-3-5-16(15)18/h3-8,10,13,19,23-24H,2,9,11-12H2,1H3,(H,25,26)/t19-/m1/s1. The summed E-state index contributed by atoms with van der Waals surface area (Å²) in [7, 11) is 0. The molecular weight excluding hydrogens is 364 g/mol. The second-order valence-corrected chi connectivity index (χ2v) is 6.86. The number of H-pyrrole nitrogens is 1. The summed E-state index contributed by atoms with van der Waals surface area (Å²) in [6, 6.07) is 12.7. The second-order valence-electron chi connectivity index (χ2n) is 6.45. The molecule has 6 heteroatoms. The van der Waals surface area contributed by atoms with Gasteiger partial charge in [-0.25, -0.2) is 0 Å². The fraction of sp³-hybridized carbons (Fsp3) is 0.286. The number of aromatic amines is 1. The molecule has 0 bridgehead atoms. The number of benzene rings is 2. The van der Waals surface area contributed by atoms with Gasteiger partial charge in [0.1, 0.15) is 11.8 Å². The van der Waals surface area contributed by atoms with Crippen LogP contribution in [0.25, 0.3) is 10.9 Å². The third-order valence-electron chi connectivity index (χ3n) is 4.41. The van der Waals surface area contributed by atoms with Crippen molar-refractivity contribution < 1.29 is 14.6 Å². The molecule has 3 N–H and O–H groups in total. The zero-order valence-corrected chi connectivity index (χ0v) is 15.9. The molecule has 1 atom stereocenters. The molecule has 3 aromatic rings. The van der Waals surface area contributed by atoms with Crippen LogP contribution in [0.4, 0.5) is 0 Å². The van der Waals surface area contributed by atoms with Gasteiger partial charge in [0.05, 0.1) is 11.6 Å². The normalized spacial score (nSPS) is 12.2. The molecule has 0 spiro atoms. The maximum absolute atomic E-state index is 11.7. The zero-order chi connectivity index (χ0) is 19.2. The van der Waals surface area contributed by atoms with E-state index in [1.807, 2.05) is 55.6 Å². The van der Waals surface area contributed by atoms with E-state index >= 15 is 0 Å². The van der Waals surface area contributed by atoms with E-state index in [0.717, 1.165) is 28.5 Å². The van der Waals surface area contributed by atoms with Crippen molar-refractivity contribution in [3.8, 4) is 5.75 Å². The van der Waals surface area contributed by atoms with E-state index in [0.29, 0.717) is 30.3 Å². The lowest BCUT2D eigenvalue weighted by atomic mass is 10.0. The average molecular weight is 387 g/mol. The average Bonchev–Trinajstić information content (AvgIpc) is 3.07. The molecule has 2 aromatic carbocycles. The highest BCUT2D eigenvalue weighted by molar-refractivity contribution is 6.32. The van der Waals surface area contributed by atoms with Gasteiger partial charge >= 0.3 is 5.97 Å². The Bertz CT molecular complexity index is 923.